The Morgan fingerprint density at radius 3 is 3.00 bits per heavy atom. The predicted octanol–water partition coefficient (Wildman–Crippen LogP) is 1.75. The molecule has 1 atom stereocenters. The van der Waals surface area contributed by atoms with Crippen LogP contribution in [0, 0.1) is 0 Å². The smallest absolute Gasteiger partial charge is 0.357 e. The Hall–Kier alpha value is -0.980. The zero-order valence-electron chi connectivity index (χ0n) is 9.35. The molecule has 2 rings (SSSR count). The van der Waals surface area contributed by atoms with Crippen LogP contribution in [-0.2, 0) is 14.2 Å². The maximum absolute atomic E-state index is 11.2. The minimum atomic E-state index is -0.582. The minimum Gasteiger partial charge on any atom is -0.464 e. The van der Waals surface area contributed by atoms with Crippen LogP contribution in [0.5, 0.6) is 0 Å². The highest BCUT2D eigenvalue weighted by molar-refractivity contribution is 7.09. The van der Waals surface area contributed by atoms with Crippen LogP contribution < -0.4 is 0 Å². The number of carbonyl (C=O) groups excluding carboxylic acids is 1. The van der Waals surface area contributed by atoms with E-state index in [4.69, 9.17) is 9.47 Å². The summed E-state index contributed by atoms with van der Waals surface area (Å²) in [5.41, 5.74) is 0.316. The van der Waals surface area contributed by atoms with Gasteiger partial charge in [-0.3, -0.25) is 0 Å². The summed E-state index contributed by atoms with van der Waals surface area (Å²) in [6.07, 6.45) is -0.196. The zero-order chi connectivity index (χ0) is 11.8. The quantitative estimate of drug-likeness (QED) is 0.741. The standard InChI is InChI=1S/C10H13NO4S/c1-10(2)14-4-7(15-10)8-11-6(5-16-8)9(12)13-3/h5,7H,4H2,1-3H3/t7-/m1/s1. The van der Waals surface area contributed by atoms with Gasteiger partial charge >= 0.3 is 5.97 Å². The average molecular weight is 243 g/mol. The van der Waals surface area contributed by atoms with Crippen molar-refractivity contribution in [2.45, 2.75) is 25.7 Å². The lowest BCUT2D eigenvalue weighted by atomic mass is 10.4. The van der Waals surface area contributed by atoms with Crippen molar-refractivity contribution in [3.63, 3.8) is 0 Å². The first-order valence-corrected chi connectivity index (χ1v) is 5.75. The van der Waals surface area contributed by atoms with Gasteiger partial charge in [0.2, 0.25) is 0 Å². The van der Waals surface area contributed by atoms with Gasteiger partial charge in [-0.05, 0) is 13.8 Å². The molecule has 6 heteroatoms. The maximum atomic E-state index is 11.2. The van der Waals surface area contributed by atoms with Crippen molar-refractivity contribution in [3.8, 4) is 0 Å². The van der Waals surface area contributed by atoms with Gasteiger partial charge in [0.15, 0.2) is 11.5 Å². The molecule has 2 heterocycles. The van der Waals surface area contributed by atoms with Crippen LogP contribution in [-0.4, -0.2) is 30.5 Å². The predicted molar refractivity (Wildman–Crippen MR) is 57.3 cm³/mol. The average Bonchev–Trinajstić information content (AvgIpc) is 2.83. The third-order valence-corrected chi connectivity index (χ3v) is 3.14. The molecule has 5 nitrogen and oxygen atoms in total. The molecular formula is C10H13NO4S. The van der Waals surface area contributed by atoms with Crippen molar-refractivity contribution in [1.29, 1.82) is 0 Å². The largest absolute Gasteiger partial charge is 0.464 e. The van der Waals surface area contributed by atoms with E-state index in [1.807, 2.05) is 13.8 Å². The first kappa shape index (κ1) is 11.5. The third-order valence-electron chi connectivity index (χ3n) is 2.20. The molecule has 16 heavy (non-hydrogen) atoms. The molecule has 1 aliphatic heterocycles. The summed E-state index contributed by atoms with van der Waals surface area (Å²) in [4.78, 5) is 15.4. The number of aromatic nitrogens is 1. The number of hydrogen-bond donors (Lipinski definition) is 0. The van der Waals surface area contributed by atoms with Crippen LogP contribution in [0.25, 0.3) is 0 Å². The van der Waals surface area contributed by atoms with E-state index in [2.05, 4.69) is 9.72 Å². The topological polar surface area (TPSA) is 57.7 Å². The van der Waals surface area contributed by atoms with Gasteiger partial charge < -0.3 is 14.2 Å². The summed E-state index contributed by atoms with van der Waals surface area (Å²) in [5, 5.41) is 2.40. The SMILES string of the molecule is COC(=O)c1csc([C@H]2COC(C)(C)O2)n1. The van der Waals surface area contributed by atoms with E-state index in [1.165, 1.54) is 18.4 Å². The molecule has 1 aromatic heterocycles. The van der Waals surface area contributed by atoms with Crippen molar-refractivity contribution in [1.82, 2.24) is 4.98 Å². The van der Waals surface area contributed by atoms with E-state index in [0.29, 0.717) is 12.3 Å². The first-order chi connectivity index (χ1) is 7.52. The lowest BCUT2D eigenvalue weighted by molar-refractivity contribution is -0.139. The van der Waals surface area contributed by atoms with Crippen LogP contribution in [0.1, 0.15) is 35.4 Å². The molecule has 0 spiro atoms. The Morgan fingerprint density at radius 2 is 2.44 bits per heavy atom. The Balaban J connectivity index is 2.11. The number of ether oxygens (including phenoxy) is 3. The molecule has 88 valence electrons. The molecule has 0 amide bonds. The highest BCUT2D eigenvalue weighted by Crippen LogP contribution is 2.34. The van der Waals surface area contributed by atoms with Gasteiger partial charge in [0, 0.05) is 5.38 Å². The van der Waals surface area contributed by atoms with Crippen molar-refractivity contribution in [2.75, 3.05) is 13.7 Å². The van der Waals surface area contributed by atoms with Gasteiger partial charge in [-0.2, -0.15) is 0 Å². The fourth-order valence-electron chi connectivity index (χ4n) is 1.44. The summed E-state index contributed by atoms with van der Waals surface area (Å²) >= 11 is 1.37. The summed E-state index contributed by atoms with van der Waals surface area (Å²) in [6.45, 7) is 4.16. The second-order valence-corrected chi connectivity index (χ2v) is 4.77. The van der Waals surface area contributed by atoms with Crippen LogP contribution in [0.4, 0.5) is 0 Å². The zero-order valence-corrected chi connectivity index (χ0v) is 10.2. The Labute approximate surface area is 97.3 Å². The molecule has 0 N–H and O–H groups in total. The molecule has 0 radical (unpaired) electrons. The van der Waals surface area contributed by atoms with Crippen LogP contribution in [0.3, 0.4) is 0 Å². The van der Waals surface area contributed by atoms with E-state index in [9.17, 15) is 4.79 Å². The molecule has 0 unspecified atom stereocenters. The van der Waals surface area contributed by atoms with E-state index in [0.717, 1.165) is 5.01 Å². The number of esters is 1. The van der Waals surface area contributed by atoms with Crippen molar-refractivity contribution < 1.29 is 19.0 Å². The van der Waals surface area contributed by atoms with E-state index >= 15 is 0 Å². The van der Waals surface area contributed by atoms with Gasteiger partial charge in [0.1, 0.15) is 11.1 Å². The minimum absolute atomic E-state index is 0.196. The van der Waals surface area contributed by atoms with E-state index in [1.54, 1.807) is 5.38 Å². The second-order valence-electron chi connectivity index (χ2n) is 3.88. The molecule has 1 aliphatic rings. The van der Waals surface area contributed by atoms with Crippen molar-refractivity contribution in [2.24, 2.45) is 0 Å². The lowest BCUT2D eigenvalue weighted by Gasteiger charge is -2.15. The monoisotopic (exact) mass is 243 g/mol. The van der Waals surface area contributed by atoms with Crippen LogP contribution >= 0.6 is 11.3 Å². The van der Waals surface area contributed by atoms with Gasteiger partial charge in [-0.25, -0.2) is 9.78 Å². The second kappa shape index (κ2) is 4.12. The molecule has 0 bridgehead atoms. The number of hydrogen-bond acceptors (Lipinski definition) is 6. The van der Waals surface area contributed by atoms with Crippen LogP contribution in [0.2, 0.25) is 0 Å². The fraction of sp³-hybridized carbons (Fsp3) is 0.600. The molecule has 1 aromatic rings. The number of carbonyl (C=O) groups is 1. The molecular weight excluding hydrogens is 230 g/mol. The maximum Gasteiger partial charge on any atom is 0.357 e. The van der Waals surface area contributed by atoms with Gasteiger partial charge in [-0.15, -0.1) is 11.3 Å². The highest BCUT2D eigenvalue weighted by atomic mass is 32.1. The van der Waals surface area contributed by atoms with Crippen molar-refractivity contribution >= 4 is 17.3 Å². The molecule has 1 fully saturated rings. The Bertz CT molecular complexity index is 401. The van der Waals surface area contributed by atoms with E-state index < -0.39 is 11.8 Å². The lowest BCUT2D eigenvalue weighted by Crippen LogP contribution is -2.19. The fourth-order valence-corrected chi connectivity index (χ4v) is 2.24. The van der Waals surface area contributed by atoms with Crippen molar-refractivity contribution in [3.05, 3.63) is 16.1 Å². The van der Waals surface area contributed by atoms with E-state index in [-0.39, 0.29) is 6.10 Å². The number of rotatable bonds is 2. The summed E-state index contributed by atoms with van der Waals surface area (Å²) in [6, 6.07) is 0. The number of thiazole rings is 1. The van der Waals surface area contributed by atoms with Gasteiger partial charge in [-0.1, -0.05) is 0 Å². The number of nitrogens with zero attached hydrogens (tertiary/aromatic N) is 1. The highest BCUT2D eigenvalue weighted by Gasteiger charge is 2.35. The third kappa shape index (κ3) is 2.23. The normalized spacial score (nSPS) is 23.3. The van der Waals surface area contributed by atoms with Crippen LogP contribution in [0.15, 0.2) is 5.38 Å². The molecule has 0 aromatic carbocycles. The summed E-state index contributed by atoms with van der Waals surface area (Å²) in [5.74, 6) is -1.01. The molecule has 1 saturated heterocycles. The Kier molecular flexibility index (Phi) is 2.96. The summed E-state index contributed by atoms with van der Waals surface area (Å²) in [7, 11) is 1.33. The van der Waals surface area contributed by atoms with Gasteiger partial charge in [0.05, 0.1) is 13.7 Å². The molecule has 0 aliphatic carbocycles. The number of methoxy groups -OCH3 is 1. The van der Waals surface area contributed by atoms with Gasteiger partial charge in [0.25, 0.3) is 0 Å². The Morgan fingerprint density at radius 1 is 1.69 bits per heavy atom. The first-order valence-electron chi connectivity index (χ1n) is 4.87. The summed E-state index contributed by atoms with van der Waals surface area (Å²) < 4.78 is 15.7. The molecule has 0 saturated carbocycles.